The van der Waals surface area contributed by atoms with E-state index in [2.05, 4.69) is 11.4 Å². The van der Waals surface area contributed by atoms with Crippen molar-refractivity contribution >= 4 is 6.03 Å². The molecule has 20 heavy (non-hydrogen) atoms. The van der Waals surface area contributed by atoms with Gasteiger partial charge in [-0.1, -0.05) is 12.1 Å². The van der Waals surface area contributed by atoms with E-state index in [1.807, 2.05) is 19.1 Å². The molecule has 2 N–H and O–H groups in total. The standard InChI is InChI=1S/C15H21N3O2/c1-11(19)8-9-18(3)15(20)17-12(2)14-6-4-13(10-16)5-7-14/h4-7,11-12,19H,8-9H2,1-3H3,(H,17,20). The topological polar surface area (TPSA) is 76.4 Å². The molecule has 2 amide bonds. The van der Waals surface area contributed by atoms with Crippen LogP contribution in [0, 0.1) is 11.3 Å². The lowest BCUT2D eigenvalue weighted by molar-refractivity contribution is 0.162. The van der Waals surface area contributed by atoms with Gasteiger partial charge in [0, 0.05) is 13.6 Å². The van der Waals surface area contributed by atoms with Crippen molar-refractivity contribution in [3.05, 3.63) is 35.4 Å². The van der Waals surface area contributed by atoms with Crippen molar-refractivity contribution in [3.8, 4) is 6.07 Å². The normalized spacial score (nSPS) is 13.2. The van der Waals surface area contributed by atoms with E-state index in [9.17, 15) is 9.90 Å². The number of nitrogens with one attached hydrogen (secondary N) is 1. The molecule has 0 fully saturated rings. The van der Waals surface area contributed by atoms with Crippen molar-refractivity contribution in [3.63, 3.8) is 0 Å². The molecule has 0 saturated heterocycles. The molecule has 0 saturated carbocycles. The first-order chi connectivity index (χ1) is 9.43. The summed E-state index contributed by atoms with van der Waals surface area (Å²) in [5.74, 6) is 0. The molecule has 0 radical (unpaired) electrons. The van der Waals surface area contributed by atoms with Crippen LogP contribution in [0.25, 0.3) is 0 Å². The van der Waals surface area contributed by atoms with Crippen molar-refractivity contribution in [1.82, 2.24) is 10.2 Å². The zero-order valence-electron chi connectivity index (χ0n) is 12.1. The zero-order chi connectivity index (χ0) is 15.1. The highest BCUT2D eigenvalue weighted by atomic mass is 16.3. The van der Waals surface area contributed by atoms with Crippen molar-refractivity contribution in [2.45, 2.75) is 32.4 Å². The summed E-state index contributed by atoms with van der Waals surface area (Å²) in [6.07, 6.45) is 0.135. The van der Waals surface area contributed by atoms with Gasteiger partial charge >= 0.3 is 6.03 Å². The van der Waals surface area contributed by atoms with Crippen LogP contribution in [-0.4, -0.2) is 35.7 Å². The maximum Gasteiger partial charge on any atom is 0.317 e. The van der Waals surface area contributed by atoms with Gasteiger partial charge < -0.3 is 15.3 Å². The van der Waals surface area contributed by atoms with Crippen LogP contribution in [0.2, 0.25) is 0 Å². The average Bonchev–Trinajstić information content (AvgIpc) is 2.44. The molecule has 1 aromatic carbocycles. The summed E-state index contributed by atoms with van der Waals surface area (Å²) in [6.45, 7) is 4.09. The van der Waals surface area contributed by atoms with E-state index in [0.29, 0.717) is 18.5 Å². The second kappa shape index (κ2) is 7.51. The van der Waals surface area contributed by atoms with Crippen molar-refractivity contribution in [2.24, 2.45) is 0 Å². The lowest BCUT2D eigenvalue weighted by Crippen LogP contribution is -2.39. The average molecular weight is 275 g/mol. The smallest absolute Gasteiger partial charge is 0.317 e. The molecule has 0 aromatic heterocycles. The van der Waals surface area contributed by atoms with E-state index < -0.39 is 6.10 Å². The molecule has 2 unspecified atom stereocenters. The van der Waals surface area contributed by atoms with Gasteiger partial charge in [-0.25, -0.2) is 4.79 Å². The molecule has 1 rings (SSSR count). The van der Waals surface area contributed by atoms with Gasteiger partial charge in [0.25, 0.3) is 0 Å². The monoisotopic (exact) mass is 275 g/mol. The van der Waals surface area contributed by atoms with Gasteiger partial charge in [-0.3, -0.25) is 0 Å². The number of hydrogen-bond donors (Lipinski definition) is 2. The second-order valence-corrected chi connectivity index (χ2v) is 4.96. The van der Waals surface area contributed by atoms with E-state index >= 15 is 0 Å². The van der Waals surface area contributed by atoms with Gasteiger partial charge in [0.15, 0.2) is 0 Å². The van der Waals surface area contributed by atoms with E-state index in [1.165, 1.54) is 0 Å². The Balaban J connectivity index is 2.54. The summed E-state index contributed by atoms with van der Waals surface area (Å²) in [4.78, 5) is 13.5. The van der Waals surface area contributed by atoms with Crippen LogP contribution in [0.1, 0.15) is 37.4 Å². The largest absolute Gasteiger partial charge is 0.393 e. The van der Waals surface area contributed by atoms with Gasteiger partial charge in [0.1, 0.15) is 0 Å². The van der Waals surface area contributed by atoms with Gasteiger partial charge in [0.2, 0.25) is 0 Å². The molecule has 0 spiro atoms. The first-order valence-electron chi connectivity index (χ1n) is 6.63. The first-order valence-corrected chi connectivity index (χ1v) is 6.63. The lowest BCUT2D eigenvalue weighted by atomic mass is 10.1. The van der Waals surface area contributed by atoms with E-state index in [0.717, 1.165) is 5.56 Å². The number of benzene rings is 1. The number of aliphatic hydroxyl groups excluding tert-OH is 1. The van der Waals surface area contributed by atoms with Crippen LogP contribution in [0.15, 0.2) is 24.3 Å². The molecule has 0 aliphatic carbocycles. The Morgan fingerprint density at radius 3 is 2.50 bits per heavy atom. The summed E-state index contributed by atoms with van der Waals surface area (Å²) >= 11 is 0. The molecule has 0 aliphatic rings. The summed E-state index contributed by atoms with van der Waals surface area (Å²) in [5.41, 5.74) is 1.54. The van der Waals surface area contributed by atoms with Crippen LogP contribution in [0.5, 0.6) is 0 Å². The van der Waals surface area contributed by atoms with Crippen LogP contribution >= 0.6 is 0 Å². The molecular weight excluding hydrogens is 254 g/mol. The Hall–Kier alpha value is -2.06. The number of carbonyl (C=O) groups excluding carboxylic acids is 1. The Morgan fingerprint density at radius 1 is 1.40 bits per heavy atom. The Labute approximate surface area is 119 Å². The fourth-order valence-corrected chi connectivity index (χ4v) is 1.71. The number of nitrogens with zero attached hydrogens (tertiary/aromatic N) is 2. The summed E-state index contributed by atoms with van der Waals surface area (Å²) in [5, 5.41) is 20.8. The number of aliphatic hydroxyl groups is 1. The summed E-state index contributed by atoms with van der Waals surface area (Å²) < 4.78 is 0. The molecule has 108 valence electrons. The molecule has 1 aromatic rings. The molecule has 0 bridgehead atoms. The van der Waals surface area contributed by atoms with Crippen LogP contribution < -0.4 is 5.32 Å². The SMILES string of the molecule is CC(O)CCN(C)C(=O)NC(C)c1ccc(C#N)cc1. The van der Waals surface area contributed by atoms with Gasteiger partial charge in [0.05, 0.1) is 23.8 Å². The number of urea groups is 1. The fourth-order valence-electron chi connectivity index (χ4n) is 1.71. The number of nitriles is 1. The van der Waals surface area contributed by atoms with Gasteiger partial charge in [-0.15, -0.1) is 0 Å². The quantitative estimate of drug-likeness (QED) is 0.863. The minimum atomic E-state index is -0.416. The number of hydrogen-bond acceptors (Lipinski definition) is 3. The third-order valence-electron chi connectivity index (χ3n) is 3.11. The third-order valence-corrected chi connectivity index (χ3v) is 3.11. The van der Waals surface area contributed by atoms with Crippen molar-refractivity contribution in [2.75, 3.05) is 13.6 Å². The van der Waals surface area contributed by atoms with E-state index in [1.54, 1.807) is 31.0 Å². The number of amides is 2. The predicted molar refractivity (Wildman–Crippen MR) is 77.0 cm³/mol. The first kappa shape index (κ1) is 16.0. The van der Waals surface area contributed by atoms with Crippen molar-refractivity contribution in [1.29, 1.82) is 5.26 Å². The van der Waals surface area contributed by atoms with Crippen LogP contribution in [0.4, 0.5) is 4.79 Å². The highest BCUT2D eigenvalue weighted by Crippen LogP contribution is 2.13. The summed E-state index contributed by atoms with van der Waals surface area (Å²) in [6, 6.07) is 8.87. The molecule has 5 nitrogen and oxygen atoms in total. The third kappa shape index (κ3) is 4.90. The highest BCUT2D eigenvalue weighted by molar-refractivity contribution is 5.74. The van der Waals surface area contributed by atoms with Crippen LogP contribution in [0.3, 0.4) is 0 Å². The van der Waals surface area contributed by atoms with Crippen molar-refractivity contribution < 1.29 is 9.90 Å². The molecular formula is C15H21N3O2. The van der Waals surface area contributed by atoms with Gasteiger partial charge in [-0.05, 0) is 38.0 Å². The fraction of sp³-hybridized carbons (Fsp3) is 0.467. The van der Waals surface area contributed by atoms with E-state index in [4.69, 9.17) is 5.26 Å². The Bertz CT molecular complexity index is 477. The second-order valence-electron chi connectivity index (χ2n) is 4.96. The highest BCUT2D eigenvalue weighted by Gasteiger charge is 2.13. The maximum absolute atomic E-state index is 11.9. The molecule has 2 atom stereocenters. The van der Waals surface area contributed by atoms with Crippen LogP contribution in [-0.2, 0) is 0 Å². The van der Waals surface area contributed by atoms with Gasteiger partial charge in [-0.2, -0.15) is 5.26 Å². The predicted octanol–water partition coefficient (Wildman–Crippen LogP) is 2.03. The number of carbonyl (C=O) groups is 1. The molecule has 0 heterocycles. The molecule has 0 aliphatic heterocycles. The maximum atomic E-state index is 11.9. The number of rotatable bonds is 5. The lowest BCUT2D eigenvalue weighted by Gasteiger charge is -2.22. The minimum Gasteiger partial charge on any atom is -0.393 e. The Morgan fingerprint density at radius 2 is 2.00 bits per heavy atom. The zero-order valence-corrected chi connectivity index (χ0v) is 12.1. The minimum absolute atomic E-state index is 0.135. The molecule has 5 heteroatoms. The van der Waals surface area contributed by atoms with E-state index in [-0.39, 0.29) is 12.1 Å². The Kier molecular flexibility index (Phi) is 6.01. The summed E-state index contributed by atoms with van der Waals surface area (Å²) in [7, 11) is 1.70.